The summed E-state index contributed by atoms with van der Waals surface area (Å²) in [6.07, 6.45) is 3.22. The van der Waals surface area contributed by atoms with Crippen LogP contribution in [0, 0.1) is 0 Å². The predicted octanol–water partition coefficient (Wildman–Crippen LogP) is 3.97. The van der Waals surface area contributed by atoms with Crippen molar-refractivity contribution >= 4 is 47.4 Å². The van der Waals surface area contributed by atoms with E-state index in [2.05, 4.69) is 81.4 Å². The topological polar surface area (TPSA) is 39.7 Å². The third-order valence-corrected chi connectivity index (χ3v) is 5.24. The molecule has 1 heterocycles. The molecule has 1 unspecified atom stereocenters. The monoisotopic (exact) mass is 482 g/mol. The summed E-state index contributed by atoms with van der Waals surface area (Å²) in [5.41, 5.74) is 2.56. The van der Waals surface area contributed by atoms with E-state index >= 15 is 0 Å². The highest BCUT2D eigenvalue weighted by Gasteiger charge is 2.23. The number of nitrogens with one attached hydrogen (secondary N) is 2. The molecule has 0 aromatic heterocycles. The molecule has 1 fully saturated rings. The van der Waals surface area contributed by atoms with Gasteiger partial charge in [0.25, 0.3) is 0 Å². The van der Waals surface area contributed by atoms with Crippen LogP contribution in [0.4, 0.5) is 5.69 Å². The Morgan fingerprint density at radius 1 is 1.15 bits per heavy atom. The SMILES string of the molecule is CN=C(NCc1ccc(SC)cc1)NC1CCN(c2ccccc2)C1.I. The van der Waals surface area contributed by atoms with E-state index in [1.165, 1.54) is 16.1 Å². The maximum atomic E-state index is 4.37. The quantitative estimate of drug-likeness (QED) is 0.293. The molecule has 26 heavy (non-hydrogen) atoms. The predicted molar refractivity (Wildman–Crippen MR) is 124 cm³/mol. The molecule has 0 spiro atoms. The second-order valence-corrected chi connectivity index (χ2v) is 7.06. The maximum Gasteiger partial charge on any atom is 0.191 e. The molecule has 0 amide bonds. The molecular formula is C20H27IN4S. The summed E-state index contributed by atoms with van der Waals surface area (Å²) in [4.78, 5) is 8.08. The minimum atomic E-state index is 0. The molecule has 3 rings (SSSR count). The summed E-state index contributed by atoms with van der Waals surface area (Å²) in [6.45, 7) is 2.87. The molecule has 0 aliphatic carbocycles. The van der Waals surface area contributed by atoms with Gasteiger partial charge in [-0.25, -0.2) is 0 Å². The molecule has 1 aliphatic rings. The lowest BCUT2D eigenvalue weighted by Crippen LogP contribution is -2.44. The van der Waals surface area contributed by atoms with Gasteiger partial charge in [0.2, 0.25) is 0 Å². The number of para-hydroxylation sites is 1. The normalized spacial score (nSPS) is 16.9. The van der Waals surface area contributed by atoms with Crippen molar-refractivity contribution in [1.29, 1.82) is 0 Å². The lowest BCUT2D eigenvalue weighted by molar-refractivity contribution is 0.648. The highest BCUT2D eigenvalue weighted by molar-refractivity contribution is 14.0. The number of nitrogens with zero attached hydrogens (tertiary/aromatic N) is 2. The molecule has 6 heteroatoms. The Morgan fingerprint density at radius 3 is 2.54 bits per heavy atom. The first kappa shape index (κ1) is 20.9. The van der Waals surface area contributed by atoms with E-state index in [9.17, 15) is 0 Å². The summed E-state index contributed by atoms with van der Waals surface area (Å²) in [5.74, 6) is 0.869. The average Bonchev–Trinajstić information content (AvgIpc) is 3.15. The molecule has 4 nitrogen and oxygen atoms in total. The van der Waals surface area contributed by atoms with Gasteiger partial charge in [-0.3, -0.25) is 4.99 Å². The highest BCUT2D eigenvalue weighted by Crippen LogP contribution is 2.19. The summed E-state index contributed by atoms with van der Waals surface area (Å²) in [6, 6.07) is 19.7. The number of thioether (sulfide) groups is 1. The Hall–Kier alpha value is -1.41. The maximum absolute atomic E-state index is 4.37. The van der Waals surface area contributed by atoms with Gasteiger partial charge in [-0.1, -0.05) is 30.3 Å². The molecule has 2 N–H and O–H groups in total. The lowest BCUT2D eigenvalue weighted by Gasteiger charge is -2.20. The van der Waals surface area contributed by atoms with Crippen LogP contribution in [-0.2, 0) is 6.54 Å². The van der Waals surface area contributed by atoms with Crippen molar-refractivity contribution in [3.8, 4) is 0 Å². The van der Waals surface area contributed by atoms with Crippen LogP contribution in [-0.4, -0.2) is 38.4 Å². The molecule has 2 aromatic rings. The van der Waals surface area contributed by atoms with Gasteiger partial charge < -0.3 is 15.5 Å². The first-order valence-corrected chi connectivity index (χ1v) is 9.91. The number of anilines is 1. The molecule has 0 saturated carbocycles. The Kier molecular flexibility index (Phi) is 8.58. The summed E-state index contributed by atoms with van der Waals surface area (Å²) in [5, 5.41) is 6.97. The zero-order valence-corrected chi connectivity index (χ0v) is 18.5. The van der Waals surface area contributed by atoms with Crippen molar-refractivity contribution in [3.63, 3.8) is 0 Å². The Labute approximate surface area is 177 Å². The van der Waals surface area contributed by atoms with E-state index in [0.717, 1.165) is 32.0 Å². The Balaban J connectivity index is 0.00000243. The third-order valence-electron chi connectivity index (χ3n) is 4.49. The van der Waals surface area contributed by atoms with E-state index in [-0.39, 0.29) is 24.0 Å². The van der Waals surface area contributed by atoms with Gasteiger partial charge in [0.15, 0.2) is 5.96 Å². The van der Waals surface area contributed by atoms with Crippen LogP contribution in [0.5, 0.6) is 0 Å². The minimum absolute atomic E-state index is 0. The number of aliphatic imine (C=N–C) groups is 1. The van der Waals surface area contributed by atoms with Gasteiger partial charge in [-0.2, -0.15) is 0 Å². The van der Waals surface area contributed by atoms with Gasteiger partial charge >= 0.3 is 0 Å². The first-order valence-electron chi connectivity index (χ1n) is 8.68. The molecular weight excluding hydrogens is 455 g/mol. The van der Waals surface area contributed by atoms with Crippen LogP contribution in [0.2, 0.25) is 0 Å². The molecule has 0 radical (unpaired) electrons. The second kappa shape index (κ2) is 10.7. The standard InChI is InChI=1S/C20H26N4S.HI/c1-21-20(22-14-16-8-10-19(25-2)11-9-16)23-17-12-13-24(15-17)18-6-4-3-5-7-18;/h3-11,17H,12-15H2,1-2H3,(H2,21,22,23);1H. The van der Waals surface area contributed by atoms with Gasteiger partial charge in [0, 0.05) is 43.3 Å². The van der Waals surface area contributed by atoms with Gasteiger partial charge in [0.1, 0.15) is 0 Å². The van der Waals surface area contributed by atoms with E-state index < -0.39 is 0 Å². The number of rotatable bonds is 5. The zero-order valence-electron chi connectivity index (χ0n) is 15.3. The van der Waals surface area contributed by atoms with Gasteiger partial charge in [0.05, 0.1) is 0 Å². The van der Waals surface area contributed by atoms with E-state index in [4.69, 9.17) is 0 Å². The van der Waals surface area contributed by atoms with Crippen molar-refractivity contribution in [2.75, 3.05) is 31.3 Å². The van der Waals surface area contributed by atoms with Gasteiger partial charge in [-0.05, 0) is 42.5 Å². The highest BCUT2D eigenvalue weighted by atomic mass is 127. The molecule has 1 saturated heterocycles. The second-order valence-electron chi connectivity index (χ2n) is 6.19. The van der Waals surface area contributed by atoms with E-state index in [1.54, 1.807) is 11.8 Å². The summed E-state index contributed by atoms with van der Waals surface area (Å²) >= 11 is 1.76. The van der Waals surface area contributed by atoms with Crippen molar-refractivity contribution in [2.45, 2.75) is 23.9 Å². The number of hydrogen-bond donors (Lipinski definition) is 2. The summed E-state index contributed by atoms with van der Waals surface area (Å²) < 4.78 is 0. The number of guanidine groups is 1. The fraction of sp³-hybridized carbons (Fsp3) is 0.350. The van der Waals surface area contributed by atoms with E-state index in [1.807, 2.05) is 7.05 Å². The molecule has 140 valence electrons. The van der Waals surface area contributed by atoms with Crippen LogP contribution < -0.4 is 15.5 Å². The zero-order chi connectivity index (χ0) is 17.5. The van der Waals surface area contributed by atoms with Gasteiger partial charge in [-0.15, -0.1) is 35.7 Å². The van der Waals surface area contributed by atoms with Crippen molar-refractivity contribution in [1.82, 2.24) is 10.6 Å². The molecule has 1 aliphatic heterocycles. The van der Waals surface area contributed by atoms with Crippen LogP contribution in [0.15, 0.2) is 64.5 Å². The minimum Gasteiger partial charge on any atom is -0.369 e. The van der Waals surface area contributed by atoms with Crippen LogP contribution in [0.3, 0.4) is 0 Å². The average molecular weight is 482 g/mol. The smallest absolute Gasteiger partial charge is 0.191 e. The molecule has 0 bridgehead atoms. The fourth-order valence-corrected chi connectivity index (χ4v) is 3.48. The van der Waals surface area contributed by atoms with Crippen molar-refractivity contribution in [2.24, 2.45) is 4.99 Å². The molecule has 1 atom stereocenters. The van der Waals surface area contributed by atoms with Crippen molar-refractivity contribution < 1.29 is 0 Å². The van der Waals surface area contributed by atoms with Crippen molar-refractivity contribution in [3.05, 3.63) is 60.2 Å². The lowest BCUT2D eigenvalue weighted by atomic mass is 10.2. The Morgan fingerprint density at radius 2 is 1.88 bits per heavy atom. The third kappa shape index (κ3) is 5.81. The van der Waals surface area contributed by atoms with Crippen LogP contribution in [0.1, 0.15) is 12.0 Å². The van der Waals surface area contributed by atoms with Crippen LogP contribution >= 0.6 is 35.7 Å². The van der Waals surface area contributed by atoms with Crippen LogP contribution in [0.25, 0.3) is 0 Å². The first-order chi connectivity index (χ1) is 12.3. The fourth-order valence-electron chi connectivity index (χ4n) is 3.07. The number of benzene rings is 2. The Bertz CT molecular complexity index is 691. The van der Waals surface area contributed by atoms with E-state index in [0.29, 0.717) is 6.04 Å². The summed E-state index contributed by atoms with van der Waals surface area (Å²) in [7, 11) is 1.83. The number of halogens is 1. The largest absolute Gasteiger partial charge is 0.369 e. The molecule has 2 aromatic carbocycles. The number of hydrogen-bond acceptors (Lipinski definition) is 3.